The van der Waals surface area contributed by atoms with Crippen LogP contribution < -0.4 is 0 Å². The van der Waals surface area contributed by atoms with Gasteiger partial charge in [0.25, 0.3) is 0 Å². The Morgan fingerprint density at radius 3 is 2.52 bits per heavy atom. The van der Waals surface area contributed by atoms with E-state index < -0.39 is 0 Å². The summed E-state index contributed by atoms with van der Waals surface area (Å²) in [5, 5.41) is 0. The van der Waals surface area contributed by atoms with Crippen LogP contribution in [-0.2, 0) is 9.53 Å². The molecule has 0 bridgehead atoms. The van der Waals surface area contributed by atoms with Crippen LogP contribution in [0.15, 0.2) is 11.6 Å². The number of fused-ring (bicyclic) bond motifs is 5. The lowest BCUT2D eigenvalue weighted by Crippen LogP contribution is -2.51. The first-order chi connectivity index (χ1) is 15.6. The zero-order chi connectivity index (χ0) is 24.0. The van der Waals surface area contributed by atoms with E-state index in [2.05, 4.69) is 63.3 Å². The molecule has 3 saturated carbocycles. The molecule has 2 nitrogen and oxygen atoms in total. The number of ether oxygens (including phenoxy) is 1. The van der Waals surface area contributed by atoms with E-state index in [1.165, 1.54) is 57.8 Å². The van der Waals surface area contributed by atoms with Crippen molar-refractivity contribution >= 4 is 28.6 Å². The minimum Gasteiger partial charge on any atom is -0.461 e. The van der Waals surface area contributed by atoms with Crippen molar-refractivity contribution < 1.29 is 9.53 Å². The number of carbonyl (C=O) groups is 1. The predicted octanol–water partition coefficient (Wildman–Crippen LogP) is 8.76. The summed E-state index contributed by atoms with van der Waals surface area (Å²) in [7, 11) is 0. The Hall–Kier alpha value is -0.0600. The maximum atomic E-state index is 12.2. The molecule has 4 rings (SSSR count). The maximum absolute atomic E-state index is 12.2. The van der Waals surface area contributed by atoms with Crippen LogP contribution in [0, 0.1) is 46.3 Å². The molecule has 0 aromatic rings. The molecule has 0 aromatic carbocycles. The summed E-state index contributed by atoms with van der Waals surface area (Å²) in [6.45, 7) is 14.5. The molecule has 0 aliphatic heterocycles. The number of hydrogen-bond acceptors (Lipinski definition) is 2. The Kier molecular flexibility index (Phi) is 7.99. The molecule has 3 heteroatoms. The molecular formula is C30H49IO2. The molecule has 0 amide bonds. The van der Waals surface area contributed by atoms with Gasteiger partial charge in [-0.05, 0) is 98.2 Å². The van der Waals surface area contributed by atoms with Gasteiger partial charge in [0.15, 0.2) is 0 Å². The van der Waals surface area contributed by atoms with Crippen LogP contribution in [-0.4, -0.2) is 16.0 Å². The Morgan fingerprint density at radius 2 is 1.82 bits per heavy atom. The molecule has 33 heavy (non-hydrogen) atoms. The largest absolute Gasteiger partial charge is 0.461 e. The number of allylic oxidation sites excluding steroid dienone is 1. The first kappa shape index (κ1) is 26.0. The first-order valence-electron chi connectivity index (χ1n) is 14.1. The van der Waals surface area contributed by atoms with Crippen LogP contribution in [0.2, 0.25) is 0 Å². The Balaban J connectivity index is 1.45. The molecular weight excluding hydrogens is 519 g/mol. The fourth-order valence-corrected chi connectivity index (χ4v) is 9.16. The molecule has 0 radical (unpaired) electrons. The van der Waals surface area contributed by atoms with Gasteiger partial charge in [-0.25, -0.2) is 0 Å². The summed E-state index contributed by atoms with van der Waals surface area (Å²) in [6.07, 6.45) is 17.2. The Labute approximate surface area is 217 Å². The van der Waals surface area contributed by atoms with Gasteiger partial charge in [-0.15, -0.1) is 0 Å². The molecule has 0 unspecified atom stereocenters. The van der Waals surface area contributed by atoms with Gasteiger partial charge in [0.2, 0.25) is 0 Å². The minimum atomic E-state index is -0.0558. The highest BCUT2D eigenvalue weighted by Gasteiger charge is 2.59. The minimum absolute atomic E-state index is 0.0357. The molecule has 4 aliphatic rings. The zero-order valence-electron chi connectivity index (χ0n) is 22.2. The number of esters is 1. The topological polar surface area (TPSA) is 26.3 Å². The summed E-state index contributed by atoms with van der Waals surface area (Å²) >= 11 is 2.17. The Morgan fingerprint density at radius 1 is 1.06 bits per heavy atom. The average molecular weight is 569 g/mol. The summed E-state index contributed by atoms with van der Waals surface area (Å²) in [5.74, 6) is 5.24. The van der Waals surface area contributed by atoms with E-state index in [1.807, 2.05) is 6.92 Å². The number of alkyl halides is 1. The van der Waals surface area contributed by atoms with Crippen molar-refractivity contribution in [2.24, 2.45) is 46.3 Å². The van der Waals surface area contributed by atoms with E-state index in [0.29, 0.717) is 10.8 Å². The van der Waals surface area contributed by atoms with Crippen LogP contribution in [0.4, 0.5) is 0 Å². The van der Waals surface area contributed by atoms with Crippen LogP contribution in [0.1, 0.15) is 112 Å². The van der Waals surface area contributed by atoms with Crippen LogP contribution >= 0.6 is 22.6 Å². The van der Waals surface area contributed by atoms with Gasteiger partial charge in [0.05, 0.1) is 0 Å². The fourth-order valence-electron chi connectivity index (χ4n) is 9.01. The fraction of sp³-hybridized carbons (Fsp3) is 0.900. The quantitative estimate of drug-likeness (QED) is 0.133. The number of rotatable bonds is 7. The maximum Gasteiger partial charge on any atom is 0.318 e. The number of carbonyl (C=O) groups excluding carboxylic acids is 1. The molecule has 3 fully saturated rings. The van der Waals surface area contributed by atoms with Crippen molar-refractivity contribution in [1.29, 1.82) is 0 Å². The van der Waals surface area contributed by atoms with E-state index in [-0.39, 0.29) is 16.0 Å². The predicted molar refractivity (Wildman–Crippen MR) is 146 cm³/mol. The zero-order valence-corrected chi connectivity index (χ0v) is 24.3. The van der Waals surface area contributed by atoms with Gasteiger partial charge in [0.1, 0.15) is 10.0 Å². The normalized spacial score (nSPS) is 42.1. The first-order valence-corrected chi connectivity index (χ1v) is 15.3. The Bertz CT molecular complexity index is 742. The van der Waals surface area contributed by atoms with Gasteiger partial charge in [-0.1, -0.05) is 88.1 Å². The molecule has 0 aromatic heterocycles. The van der Waals surface area contributed by atoms with Crippen molar-refractivity contribution in [3.63, 3.8) is 0 Å². The molecule has 0 spiro atoms. The van der Waals surface area contributed by atoms with Crippen molar-refractivity contribution in [1.82, 2.24) is 0 Å². The highest BCUT2D eigenvalue weighted by Crippen LogP contribution is 2.67. The van der Waals surface area contributed by atoms with E-state index >= 15 is 0 Å². The molecule has 0 N–H and O–H groups in total. The second kappa shape index (κ2) is 10.1. The SMILES string of the molecule is CC(C)CCC[C@H](C)[C@H]1CC[C@H]2[C@@H]3CC=C4C[C@H](OC(=O)[C@@H](C)I)CC[C@]4(C)[C@H]3CC[C@]12C. The third-order valence-electron chi connectivity index (χ3n) is 10.9. The van der Waals surface area contributed by atoms with Crippen molar-refractivity contribution in [2.75, 3.05) is 0 Å². The van der Waals surface area contributed by atoms with E-state index in [9.17, 15) is 4.79 Å². The van der Waals surface area contributed by atoms with Crippen molar-refractivity contribution in [3.05, 3.63) is 11.6 Å². The molecule has 0 saturated heterocycles. The molecule has 4 aliphatic carbocycles. The van der Waals surface area contributed by atoms with Crippen molar-refractivity contribution in [2.45, 2.75) is 122 Å². The van der Waals surface area contributed by atoms with Gasteiger partial charge < -0.3 is 4.74 Å². The summed E-state index contributed by atoms with van der Waals surface area (Å²) < 4.78 is 5.81. The highest BCUT2D eigenvalue weighted by atomic mass is 127. The summed E-state index contributed by atoms with van der Waals surface area (Å²) in [6, 6.07) is 0. The van der Waals surface area contributed by atoms with Gasteiger partial charge in [-0.2, -0.15) is 0 Å². The molecule has 188 valence electrons. The van der Waals surface area contributed by atoms with Crippen LogP contribution in [0.5, 0.6) is 0 Å². The lowest BCUT2D eigenvalue weighted by Gasteiger charge is -2.58. The lowest BCUT2D eigenvalue weighted by molar-refractivity contribution is -0.150. The lowest BCUT2D eigenvalue weighted by atomic mass is 9.47. The van der Waals surface area contributed by atoms with E-state index in [0.717, 1.165) is 48.3 Å². The second-order valence-electron chi connectivity index (χ2n) is 13.2. The van der Waals surface area contributed by atoms with Gasteiger partial charge in [0, 0.05) is 6.42 Å². The number of hydrogen-bond donors (Lipinski definition) is 0. The smallest absolute Gasteiger partial charge is 0.318 e. The summed E-state index contributed by atoms with van der Waals surface area (Å²) in [5.41, 5.74) is 2.52. The standard InChI is InChI=1S/C30H49IO2/c1-19(2)8-7-9-20(3)25-12-13-26-24-11-10-22-18-23(33-28(32)21(4)31)14-16-29(22,5)27(24)15-17-30(25,26)6/h10,19-21,23-27H,7-9,11-18H2,1-6H3/t20-,21+,23+,24-,25+,26-,27-,29-,30+/m0/s1. The molecule has 9 atom stereocenters. The van der Waals surface area contributed by atoms with Crippen molar-refractivity contribution in [3.8, 4) is 0 Å². The van der Waals surface area contributed by atoms with E-state index in [4.69, 9.17) is 4.74 Å². The third-order valence-corrected chi connectivity index (χ3v) is 11.4. The monoisotopic (exact) mass is 568 g/mol. The highest BCUT2D eigenvalue weighted by molar-refractivity contribution is 14.1. The van der Waals surface area contributed by atoms with Gasteiger partial charge in [-0.3, -0.25) is 4.79 Å². The van der Waals surface area contributed by atoms with Crippen LogP contribution in [0.25, 0.3) is 0 Å². The van der Waals surface area contributed by atoms with E-state index in [1.54, 1.807) is 5.57 Å². The average Bonchev–Trinajstić information content (AvgIpc) is 3.11. The summed E-state index contributed by atoms with van der Waals surface area (Å²) in [4.78, 5) is 12.2. The number of halogens is 1. The van der Waals surface area contributed by atoms with Crippen LogP contribution in [0.3, 0.4) is 0 Å². The molecule has 0 heterocycles. The third kappa shape index (κ3) is 4.96. The second-order valence-corrected chi connectivity index (χ2v) is 15.1. The van der Waals surface area contributed by atoms with Gasteiger partial charge >= 0.3 is 5.97 Å².